The smallest absolute Gasteiger partial charge is 0.214 e. The van der Waals surface area contributed by atoms with E-state index in [2.05, 4.69) is 21.2 Å². The van der Waals surface area contributed by atoms with Gasteiger partial charge >= 0.3 is 0 Å². The van der Waals surface area contributed by atoms with Crippen molar-refractivity contribution in [3.63, 3.8) is 0 Å². The molecule has 0 fully saturated rings. The van der Waals surface area contributed by atoms with Crippen LogP contribution >= 0.6 is 27.5 Å². The summed E-state index contributed by atoms with van der Waals surface area (Å²) >= 11 is 9.40. The van der Waals surface area contributed by atoms with E-state index in [0.29, 0.717) is 18.1 Å². The minimum atomic E-state index is -3.14. The van der Waals surface area contributed by atoms with E-state index in [1.165, 1.54) is 18.4 Å². The van der Waals surface area contributed by atoms with Gasteiger partial charge in [0.2, 0.25) is 10.0 Å². The summed E-state index contributed by atoms with van der Waals surface area (Å²) in [5.41, 5.74) is 0.938. The molecule has 0 unspecified atom stereocenters. The fourth-order valence-corrected chi connectivity index (χ4v) is 2.65. The molecule has 0 spiro atoms. The van der Waals surface area contributed by atoms with Gasteiger partial charge in [0, 0.05) is 36.7 Å². The summed E-state index contributed by atoms with van der Waals surface area (Å²) < 4.78 is 25.2. The Labute approximate surface area is 121 Å². The summed E-state index contributed by atoms with van der Waals surface area (Å²) in [5.74, 6) is 0.0750. The Hall–Kier alpha value is -0.140. The molecular weight excluding hydrogens is 340 g/mol. The molecule has 1 N–H and O–H groups in total. The summed E-state index contributed by atoms with van der Waals surface area (Å²) in [7, 11) is -0.0858. The van der Waals surface area contributed by atoms with Crippen molar-refractivity contribution in [3.05, 3.63) is 33.3 Å². The number of sulfonamides is 1. The minimum Gasteiger partial charge on any atom is -0.312 e. The van der Waals surface area contributed by atoms with Crippen molar-refractivity contribution in [1.82, 2.24) is 9.62 Å². The first-order valence-corrected chi connectivity index (χ1v) is 8.16. The van der Waals surface area contributed by atoms with Gasteiger partial charge in [-0.25, -0.2) is 12.7 Å². The minimum absolute atomic E-state index is 0.0750. The van der Waals surface area contributed by atoms with Gasteiger partial charge in [0.25, 0.3) is 0 Å². The monoisotopic (exact) mass is 354 g/mol. The molecule has 1 aromatic rings. The van der Waals surface area contributed by atoms with E-state index in [1.807, 2.05) is 12.1 Å². The number of nitrogens with one attached hydrogen (secondary N) is 1. The highest BCUT2D eigenvalue weighted by molar-refractivity contribution is 9.10. The summed E-state index contributed by atoms with van der Waals surface area (Å²) in [6.45, 7) is 0.935. The molecule has 4 nitrogen and oxygen atoms in total. The molecule has 0 heterocycles. The van der Waals surface area contributed by atoms with E-state index >= 15 is 0 Å². The van der Waals surface area contributed by atoms with E-state index in [4.69, 9.17) is 11.6 Å². The van der Waals surface area contributed by atoms with Gasteiger partial charge in [-0.05, 0) is 23.8 Å². The van der Waals surface area contributed by atoms with Crippen LogP contribution in [0.3, 0.4) is 0 Å². The van der Waals surface area contributed by atoms with Crippen LogP contribution in [0.15, 0.2) is 22.7 Å². The van der Waals surface area contributed by atoms with E-state index in [0.717, 1.165) is 10.0 Å². The molecule has 0 aliphatic rings. The fraction of sp³-hybridized carbons (Fsp3) is 0.455. The normalized spacial score (nSPS) is 12.1. The maximum atomic E-state index is 11.5. The summed E-state index contributed by atoms with van der Waals surface area (Å²) in [6, 6.07) is 5.58. The zero-order valence-corrected chi connectivity index (χ0v) is 13.4. The summed E-state index contributed by atoms with van der Waals surface area (Å²) in [5, 5.41) is 3.74. The van der Waals surface area contributed by atoms with Crippen LogP contribution in [0.4, 0.5) is 0 Å². The Balaban J connectivity index is 2.46. The Kier molecular flexibility index (Phi) is 6.07. The predicted molar refractivity (Wildman–Crippen MR) is 78.3 cm³/mol. The lowest BCUT2D eigenvalue weighted by atomic mass is 10.2. The zero-order valence-electron chi connectivity index (χ0n) is 10.3. The Morgan fingerprint density at radius 2 is 2.06 bits per heavy atom. The number of hydrogen-bond donors (Lipinski definition) is 1. The number of nitrogens with zero attached hydrogens (tertiary/aromatic N) is 1. The lowest BCUT2D eigenvalue weighted by molar-refractivity contribution is 0.517. The standard InChI is InChI=1S/C11H16BrClN2O2S/c1-15(2)18(16,17)6-5-14-8-9-7-10(12)3-4-11(9)13/h3-4,7,14H,5-6,8H2,1-2H3. The van der Waals surface area contributed by atoms with Gasteiger partial charge in [0.1, 0.15) is 0 Å². The van der Waals surface area contributed by atoms with Crippen LogP contribution < -0.4 is 5.32 Å². The van der Waals surface area contributed by atoms with Crippen molar-refractivity contribution < 1.29 is 8.42 Å². The van der Waals surface area contributed by atoms with E-state index in [9.17, 15) is 8.42 Å². The largest absolute Gasteiger partial charge is 0.312 e. The fourth-order valence-electron chi connectivity index (χ4n) is 1.29. The van der Waals surface area contributed by atoms with Crippen LogP contribution in [0.1, 0.15) is 5.56 Å². The van der Waals surface area contributed by atoms with Gasteiger partial charge in [0.05, 0.1) is 5.75 Å². The summed E-state index contributed by atoms with van der Waals surface area (Å²) in [6.07, 6.45) is 0. The maximum absolute atomic E-state index is 11.5. The van der Waals surface area contributed by atoms with Crippen molar-refractivity contribution in [2.75, 3.05) is 26.4 Å². The third kappa shape index (κ3) is 4.85. The van der Waals surface area contributed by atoms with Crippen LogP contribution in [0.2, 0.25) is 5.02 Å². The average Bonchev–Trinajstić information content (AvgIpc) is 2.28. The lowest BCUT2D eigenvalue weighted by Gasteiger charge is -2.12. The molecule has 0 saturated carbocycles. The highest BCUT2D eigenvalue weighted by Crippen LogP contribution is 2.20. The SMILES string of the molecule is CN(C)S(=O)(=O)CCNCc1cc(Br)ccc1Cl. The highest BCUT2D eigenvalue weighted by atomic mass is 79.9. The second-order valence-corrected chi connectivity index (χ2v) is 7.64. The van der Waals surface area contributed by atoms with Gasteiger partial charge in [0.15, 0.2) is 0 Å². The molecule has 0 bridgehead atoms. The van der Waals surface area contributed by atoms with Crippen LogP contribution in [-0.4, -0.2) is 39.1 Å². The highest BCUT2D eigenvalue weighted by Gasteiger charge is 2.12. The maximum Gasteiger partial charge on any atom is 0.214 e. The zero-order chi connectivity index (χ0) is 13.8. The van der Waals surface area contributed by atoms with Crippen molar-refractivity contribution in [2.24, 2.45) is 0 Å². The van der Waals surface area contributed by atoms with Crippen molar-refractivity contribution in [3.8, 4) is 0 Å². The van der Waals surface area contributed by atoms with Crippen LogP contribution in [0.25, 0.3) is 0 Å². The topological polar surface area (TPSA) is 49.4 Å². The second-order valence-electron chi connectivity index (χ2n) is 4.01. The van der Waals surface area contributed by atoms with E-state index < -0.39 is 10.0 Å². The average molecular weight is 356 g/mol. The quantitative estimate of drug-likeness (QED) is 0.795. The molecule has 0 atom stereocenters. The van der Waals surface area contributed by atoms with Crippen molar-refractivity contribution in [2.45, 2.75) is 6.54 Å². The Morgan fingerprint density at radius 3 is 2.67 bits per heavy atom. The molecule has 0 aliphatic heterocycles. The summed E-state index contributed by atoms with van der Waals surface area (Å²) in [4.78, 5) is 0. The third-order valence-corrected chi connectivity index (χ3v) is 5.11. The van der Waals surface area contributed by atoms with Gasteiger partial charge in [-0.2, -0.15) is 0 Å². The molecule has 0 saturated heterocycles. The van der Waals surface area contributed by atoms with E-state index in [1.54, 1.807) is 6.07 Å². The molecular formula is C11H16BrClN2O2S. The van der Waals surface area contributed by atoms with Gasteiger partial charge in [-0.3, -0.25) is 0 Å². The van der Waals surface area contributed by atoms with Crippen molar-refractivity contribution in [1.29, 1.82) is 0 Å². The van der Waals surface area contributed by atoms with Crippen LogP contribution in [0, 0.1) is 0 Å². The predicted octanol–water partition coefficient (Wildman–Crippen LogP) is 2.08. The molecule has 102 valence electrons. The molecule has 0 aromatic heterocycles. The Bertz CT molecular complexity index is 506. The first kappa shape index (κ1) is 15.9. The van der Waals surface area contributed by atoms with Gasteiger partial charge < -0.3 is 5.32 Å². The van der Waals surface area contributed by atoms with E-state index in [-0.39, 0.29) is 5.75 Å². The molecule has 1 rings (SSSR count). The molecule has 18 heavy (non-hydrogen) atoms. The van der Waals surface area contributed by atoms with Gasteiger partial charge in [-0.1, -0.05) is 27.5 Å². The number of halogens is 2. The molecule has 0 amide bonds. The molecule has 0 radical (unpaired) electrons. The van der Waals surface area contributed by atoms with Crippen LogP contribution in [0.5, 0.6) is 0 Å². The molecule has 1 aromatic carbocycles. The second kappa shape index (κ2) is 6.86. The van der Waals surface area contributed by atoms with Crippen LogP contribution in [-0.2, 0) is 16.6 Å². The number of benzene rings is 1. The molecule has 0 aliphatic carbocycles. The molecule has 7 heteroatoms. The number of rotatable bonds is 6. The first-order valence-electron chi connectivity index (χ1n) is 5.38. The third-order valence-electron chi connectivity index (χ3n) is 2.42. The number of hydrogen-bond acceptors (Lipinski definition) is 3. The first-order chi connectivity index (χ1) is 8.33. The van der Waals surface area contributed by atoms with Crippen molar-refractivity contribution >= 4 is 37.6 Å². The Morgan fingerprint density at radius 1 is 1.39 bits per heavy atom. The lowest BCUT2D eigenvalue weighted by Crippen LogP contribution is -2.31. The van der Waals surface area contributed by atoms with Gasteiger partial charge in [-0.15, -0.1) is 0 Å².